The van der Waals surface area contributed by atoms with Gasteiger partial charge in [-0.3, -0.25) is 4.79 Å². The van der Waals surface area contributed by atoms with Crippen LogP contribution >= 0.6 is 22.6 Å². The molecule has 1 heterocycles. The van der Waals surface area contributed by atoms with Crippen molar-refractivity contribution < 1.29 is 4.79 Å². The highest BCUT2D eigenvalue weighted by atomic mass is 127. The Labute approximate surface area is 197 Å². The van der Waals surface area contributed by atoms with Crippen molar-refractivity contribution in [3.05, 3.63) is 99.6 Å². The molecule has 0 aliphatic carbocycles. The molecule has 0 spiro atoms. The van der Waals surface area contributed by atoms with Crippen molar-refractivity contribution in [3.8, 4) is 11.3 Å². The van der Waals surface area contributed by atoms with Crippen LogP contribution in [0.1, 0.15) is 24.5 Å². The van der Waals surface area contributed by atoms with Crippen LogP contribution in [0, 0.1) is 3.57 Å². The van der Waals surface area contributed by atoms with Crippen LogP contribution in [0.4, 0.5) is 0 Å². The number of halogens is 1. The van der Waals surface area contributed by atoms with Crippen LogP contribution in [0.3, 0.4) is 0 Å². The topological polar surface area (TPSA) is 33.2 Å². The average Bonchev–Trinajstić information content (AvgIpc) is 2.80. The van der Waals surface area contributed by atoms with Crippen LogP contribution in [-0.4, -0.2) is 22.3 Å². The number of benzene rings is 3. The molecule has 4 aromatic rings. The number of carbonyl (C=O) groups is 1. The van der Waals surface area contributed by atoms with Crippen LogP contribution in [0.25, 0.3) is 22.2 Å². The minimum absolute atomic E-state index is 0.160. The molecular weight excluding hydrogens is 495 g/mol. The molecule has 0 bridgehead atoms. The highest BCUT2D eigenvalue weighted by Gasteiger charge is 2.17. The van der Waals surface area contributed by atoms with Gasteiger partial charge in [0.2, 0.25) is 5.91 Å². The quantitative estimate of drug-likeness (QED) is 0.261. The fourth-order valence-corrected chi connectivity index (χ4v) is 4.40. The molecule has 0 atom stereocenters. The maximum Gasteiger partial charge on any atom is 0.227 e. The lowest BCUT2D eigenvalue weighted by Gasteiger charge is -2.24. The average molecular weight is 520 g/mol. The Morgan fingerprint density at radius 1 is 0.903 bits per heavy atom. The van der Waals surface area contributed by atoms with Crippen molar-refractivity contribution in [1.29, 1.82) is 0 Å². The summed E-state index contributed by atoms with van der Waals surface area (Å²) >= 11 is 2.31. The maximum absolute atomic E-state index is 13.3. The van der Waals surface area contributed by atoms with Gasteiger partial charge in [-0.05, 0) is 58.3 Å². The van der Waals surface area contributed by atoms with Crippen LogP contribution in [-0.2, 0) is 17.8 Å². The van der Waals surface area contributed by atoms with E-state index in [1.807, 2.05) is 59.5 Å². The summed E-state index contributed by atoms with van der Waals surface area (Å²) in [6, 6.07) is 28.7. The van der Waals surface area contributed by atoms with E-state index in [0.717, 1.165) is 49.8 Å². The fourth-order valence-electron chi connectivity index (χ4n) is 3.82. The number of para-hydroxylation sites is 1. The van der Waals surface area contributed by atoms with Crippen LogP contribution < -0.4 is 0 Å². The second-order valence-corrected chi connectivity index (χ2v) is 8.80. The number of amides is 1. The van der Waals surface area contributed by atoms with Crippen molar-refractivity contribution in [2.75, 3.05) is 6.54 Å². The van der Waals surface area contributed by atoms with E-state index in [0.29, 0.717) is 13.0 Å². The molecule has 0 fully saturated rings. The monoisotopic (exact) mass is 520 g/mol. The molecule has 0 saturated heterocycles. The lowest BCUT2D eigenvalue weighted by molar-refractivity contribution is -0.131. The van der Waals surface area contributed by atoms with Gasteiger partial charge in [0.25, 0.3) is 0 Å². The number of rotatable bonds is 7. The van der Waals surface area contributed by atoms with E-state index >= 15 is 0 Å². The van der Waals surface area contributed by atoms with Crippen LogP contribution in [0.2, 0.25) is 0 Å². The summed E-state index contributed by atoms with van der Waals surface area (Å²) in [5.41, 5.74) is 5.20. The third-order valence-corrected chi connectivity index (χ3v) is 6.43. The molecule has 156 valence electrons. The fraction of sp³-hybridized carbons (Fsp3) is 0.185. The van der Waals surface area contributed by atoms with E-state index in [1.54, 1.807) is 0 Å². The number of aromatic nitrogens is 1. The van der Waals surface area contributed by atoms with Crippen molar-refractivity contribution >= 4 is 39.4 Å². The van der Waals surface area contributed by atoms with Gasteiger partial charge in [-0.1, -0.05) is 73.7 Å². The zero-order valence-corrected chi connectivity index (χ0v) is 19.7. The molecule has 4 heteroatoms. The van der Waals surface area contributed by atoms with Gasteiger partial charge < -0.3 is 4.90 Å². The third-order valence-electron chi connectivity index (χ3n) is 5.38. The van der Waals surface area contributed by atoms with Gasteiger partial charge in [0, 0.05) is 27.6 Å². The first-order chi connectivity index (χ1) is 15.2. The van der Waals surface area contributed by atoms with E-state index < -0.39 is 0 Å². The third kappa shape index (κ3) is 5.13. The minimum Gasteiger partial charge on any atom is -0.338 e. The maximum atomic E-state index is 13.3. The van der Waals surface area contributed by atoms with Gasteiger partial charge >= 0.3 is 0 Å². The first-order valence-corrected chi connectivity index (χ1v) is 11.7. The Kier molecular flexibility index (Phi) is 6.97. The molecule has 3 aromatic carbocycles. The number of hydrogen-bond donors (Lipinski definition) is 0. The van der Waals surface area contributed by atoms with Crippen molar-refractivity contribution in [3.63, 3.8) is 0 Å². The van der Waals surface area contributed by atoms with Crippen molar-refractivity contribution in [2.24, 2.45) is 0 Å². The lowest BCUT2D eigenvalue weighted by atomic mass is 10.0. The SMILES string of the molecule is CCCN(Cc1cc(-c2ccccc2)nc2ccccc12)C(=O)Cc1ccccc1I. The molecule has 0 N–H and O–H groups in total. The van der Waals surface area contributed by atoms with Gasteiger partial charge in [0.1, 0.15) is 0 Å². The van der Waals surface area contributed by atoms with E-state index in [-0.39, 0.29) is 5.91 Å². The number of pyridine rings is 1. The molecule has 31 heavy (non-hydrogen) atoms. The van der Waals surface area contributed by atoms with Gasteiger partial charge in [0.15, 0.2) is 0 Å². The van der Waals surface area contributed by atoms with Gasteiger partial charge in [0.05, 0.1) is 17.6 Å². The highest BCUT2D eigenvalue weighted by Crippen LogP contribution is 2.26. The van der Waals surface area contributed by atoms with Crippen molar-refractivity contribution in [1.82, 2.24) is 9.88 Å². The second kappa shape index (κ2) is 10.1. The van der Waals surface area contributed by atoms with Gasteiger partial charge in [-0.2, -0.15) is 0 Å². The molecule has 3 nitrogen and oxygen atoms in total. The van der Waals surface area contributed by atoms with Crippen molar-refractivity contribution in [2.45, 2.75) is 26.3 Å². The molecular formula is C27H25IN2O. The Morgan fingerprint density at radius 3 is 2.39 bits per heavy atom. The van der Waals surface area contributed by atoms with E-state index in [4.69, 9.17) is 4.98 Å². The Balaban J connectivity index is 1.69. The summed E-state index contributed by atoms with van der Waals surface area (Å²) < 4.78 is 1.13. The Bertz CT molecular complexity index is 1190. The number of hydrogen-bond acceptors (Lipinski definition) is 2. The Hall–Kier alpha value is -2.73. The molecule has 4 rings (SSSR count). The largest absolute Gasteiger partial charge is 0.338 e. The molecule has 0 unspecified atom stereocenters. The smallest absolute Gasteiger partial charge is 0.227 e. The Morgan fingerprint density at radius 2 is 1.61 bits per heavy atom. The summed E-state index contributed by atoms with van der Waals surface area (Å²) in [6.45, 7) is 3.44. The standard InChI is InChI=1S/C27H25IN2O/c1-2-16-30(27(31)18-21-12-6-8-14-24(21)28)19-22-17-26(20-10-4-3-5-11-20)29-25-15-9-7-13-23(22)25/h3-15,17H,2,16,18-19H2,1H3. The zero-order valence-electron chi connectivity index (χ0n) is 17.6. The lowest BCUT2D eigenvalue weighted by Crippen LogP contribution is -2.32. The molecule has 1 aromatic heterocycles. The molecule has 0 aliphatic rings. The summed E-state index contributed by atoms with van der Waals surface area (Å²) in [4.78, 5) is 20.1. The number of nitrogens with zero attached hydrogens (tertiary/aromatic N) is 2. The summed E-state index contributed by atoms with van der Waals surface area (Å²) in [7, 11) is 0. The molecule has 0 aliphatic heterocycles. The predicted molar refractivity (Wildman–Crippen MR) is 136 cm³/mol. The van der Waals surface area contributed by atoms with Crippen LogP contribution in [0.15, 0.2) is 84.9 Å². The van der Waals surface area contributed by atoms with E-state index in [9.17, 15) is 4.79 Å². The molecule has 0 saturated carbocycles. The molecule has 0 radical (unpaired) electrons. The predicted octanol–water partition coefficient (Wildman–Crippen LogP) is 6.49. The summed E-state index contributed by atoms with van der Waals surface area (Å²) in [5.74, 6) is 0.160. The van der Waals surface area contributed by atoms with E-state index in [1.165, 1.54) is 0 Å². The van der Waals surface area contributed by atoms with Gasteiger partial charge in [-0.15, -0.1) is 0 Å². The van der Waals surface area contributed by atoms with E-state index in [2.05, 4.69) is 59.8 Å². The number of carbonyl (C=O) groups excluding carboxylic acids is 1. The van der Waals surface area contributed by atoms with Gasteiger partial charge in [-0.25, -0.2) is 4.98 Å². The first kappa shape index (κ1) is 21.5. The summed E-state index contributed by atoms with van der Waals surface area (Å²) in [5, 5.41) is 1.10. The number of fused-ring (bicyclic) bond motifs is 1. The normalized spacial score (nSPS) is 10.9. The second-order valence-electron chi connectivity index (χ2n) is 7.63. The first-order valence-electron chi connectivity index (χ1n) is 10.6. The molecule has 1 amide bonds. The zero-order chi connectivity index (χ0) is 21.6. The minimum atomic E-state index is 0.160. The summed E-state index contributed by atoms with van der Waals surface area (Å²) in [6.07, 6.45) is 1.35. The highest BCUT2D eigenvalue weighted by molar-refractivity contribution is 14.1. The van der Waals surface area contributed by atoms with Crippen LogP contribution in [0.5, 0.6) is 0 Å².